The number of hydrogen-bond donors (Lipinski definition) is 0. The number of halogens is 3. The summed E-state index contributed by atoms with van der Waals surface area (Å²) in [6, 6.07) is 1.81. The van der Waals surface area contributed by atoms with Gasteiger partial charge in [0.1, 0.15) is 11.8 Å². The number of pyridine rings is 1. The summed E-state index contributed by atoms with van der Waals surface area (Å²) in [7, 11) is 0. The molecule has 0 aliphatic carbocycles. The molecule has 0 aromatic carbocycles. The van der Waals surface area contributed by atoms with Crippen molar-refractivity contribution < 1.29 is 8.78 Å². The third-order valence-electron chi connectivity index (χ3n) is 1.62. The monoisotopic (exact) mass is 202 g/mol. The summed E-state index contributed by atoms with van der Waals surface area (Å²) in [6.07, 6.45) is -1.61. The Morgan fingerprint density at radius 1 is 1.62 bits per heavy atom. The molecule has 0 fully saturated rings. The van der Waals surface area contributed by atoms with E-state index in [9.17, 15) is 8.78 Å². The van der Waals surface area contributed by atoms with Gasteiger partial charge in [-0.05, 0) is 12.5 Å². The van der Waals surface area contributed by atoms with Crippen molar-refractivity contribution in [3.63, 3.8) is 0 Å². The second kappa shape index (κ2) is 3.67. The van der Waals surface area contributed by atoms with Gasteiger partial charge in [-0.2, -0.15) is 5.26 Å². The van der Waals surface area contributed by atoms with Crippen molar-refractivity contribution in [1.29, 1.82) is 5.26 Å². The fourth-order valence-electron chi connectivity index (χ4n) is 0.863. The van der Waals surface area contributed by atoms with Crippen molar-refractivity contribution in [2.24, 2.45) is 0 Å². The van der Waals surface area contributed by atoms with Crippen LogP contribution in [0.3, 0.4) is 0 Å². The molecule has 0 bridgehead atoms. The van der Waals surface area contributed by atoms with Crippen molar-refractivity contribution in [2.45, 2.75) is 13.3 Å². The SMILES string of the molecule is Cc1c(C#N)cnc(C(F)F)c1Cl. The predicted octanol–water partition coefficient (Wildman–Crippen LogP) is 2.85. The van der Waals surface area contributed by atoms with Crippen LogP contribution in [0.25, 0.3) is 0 Å². The molecule has 5 heteroatoms. The number of nitriles is 1. The van der Waals surface area contributed by atoms with Crippen molar-refractivity contribution in [2.75, 3.05) is 0 Å². The lowest BCUT2D eigenvalue weighted by molar-refractivity contribution is 0.146. The Labute approximate surface area is 78.8 Å². The maximum Gasteiger partial charge on any atom is 0.281 e. The summed E-state index contributed by atoms with van der Waals surface area (Å²) in [5.41, 5.74) is 0.0852. The van der Waals surface area contributed by atoms with E-state index in [-0.39, 0.29) is 10.6 Å². The maximum absolute atomic E-state index is 12.2. The predicted molar refractivity (Wildman–Crippen MR) is 43.7 cm³/mol. The molecule has 2 nitrogen and oxygen atoms in total. The van der Waals surface area contributed by atoms with E-state index in [1.54, 1.807) is 0 Å². The third-order valence-corrected chi connectivity index (χ3v) is 2.10. The molecule has 0 amide bonds. The van der Waals surface area contributed by atoms with E-state index >= 15 is 0 Å². The largest absolute Gasteiger partial charge is 0.281 e. The van der Waals surface area contributed by atoms with Crippen molar-refractivity contribution >= 4 is 11.6 Å². The molecular weight excluding hydrogens is 198 g/mol. The van der Waals surface area contributed by atoms with E-state index in [1.807, 2.05) is 6.07 Å². The highest BCUT2D eigenvalue weighted by atomic mass is 35.5. The molecule has 1 rings (SSSR count). The maximum atomic E-state index is 12.2. The van der Waals surface area contributed by atoms with E-state index in [2.05, 4.69) is 4.98 Å². The molecule has 1 aromatic heterocycles. The molecule has 0 spiro atoms. The van der Waals surface area contributed by atoms with E-state index < -0.39 is 12.1 Å². The van der Waals surface area contributed by atoms with E-state index in [4.69, 9.17) is 16.9 Å². The second-order valence-electron chi connectivity index (χ2n) is 2.41. The van der Waals surface area contributed by atoms with Crippen LogP contribution in [-0.2, 0) is 0 Å². The quantitative estimate of drug-likeness (QED) is 0.702. The van der Waals surface area contributed by atoms with Gasteiger partial charge in [-0.3, -0.25) is 4.98 Å². The molecule has 1 heterocycles. The minimum atomic E-state index is -2.71. The van der Waals surface area contributed by atoms with Gasteiger partial charge in [0.05, 0.1) is 10.6 Å². The average molecular weight is 203 g/mol. The van der Waals surface area contributed by atoms with E-state index in [0.29, 0.717) is 5.56 Å². The molecule has 68 valence electrons. The normalized spacial score (nSPS) is 10.2. The van der Waals surface area contributed by atoms with Crippen LogP contribution in [0.15, 0.2) is 6.20 Å². The van der Waals surface area contributed by atoms with Crippen LogP contribution in [0.5, 0.6) is 0 Å². The zero-order valence-corrected chi connectivity index (χ0v) is 7.44. The smallest absolute Gasteiger partial charge is 0.252 e. The lowest BCUT2D eigenvalue weighted by Crippen LogP contribution is -1.96. The Morgan fingerprint density at radius 2 is 2.23 bits per heavy atom. The number of aromatic nitrogens is 1. The van der Waals surface area contributed by atoms with Crippen LogP contribution in [0.1, 0.15) is 23.2 Å². The molecule has 0 atom stereocenters. The first-order valence-corrected chi connectivity index (χ1v) is 3.79. The summed E-state index contributed by atoms with van der Waals surface area (Å²) in [6.45, 7) is 1.51. The summed E-state index contributed by atoms with van der Waals surface area (Å²) >= 11 is 5.58. The highest BCUT2D eigenvalue weighted by Crippen LogP contribution is 2.28. The summed E-state index contributed by atoms with van der Waals surface area (Å²) in [5, 5.41) is 8.41. The molecule has 0 unspecified atom stereocenters. The minimum Gasteiger partial charge on any atom is -0.252 e. The van der Waals surface area contributed by atoms with Gasteiger partial charge in [0.2, 0.25) is 0 Å². The topological polar surface area (TPSA) is 36.7 Å². The molecule has 0 N–H and O–H groups in total. The number of nitrogens with zero attached hydrogens (tertiary/aromatic N) is 2. The Morgan fingerprint density at radius 3 is 2.69 bits per heavy atom. The fraction of sp³-hybridized carbons (Fsp3) is 0.250. The van der Waals surface area contributed by atoms with Crippen LogP contribution in [0.2, 0.25) is 5.02 Å². The number of hydrogen-bond acceptors (Lipinski definition) is 2. The summed E-state index contributed by atoms with van der Waals surface area (Å²) in [5.74, 6) is 0. The van der Waals surface area contributed by atoms with Gasteiger partial charge < -0.3 is 0 Å². The first kappa shape index (κ1) is 9.87. The van der Waals surface area contributed by atoms with Gasteiger partial charge in [0.15, 0.2) is 0 Å². The van der Waals surface area contributed by atoms with Gasteiger partial charge in [0, 0.05) is 6.20 Å². The van der Waals surface area contributed by atoms with Gasteiger partial charge >= 0.3 is 0 Å². The lowest BCUT2D eigenvalue weighted by Gasteiger charge is -2.05. The molecular formula is C8H5ClF2N2. The number of alkyl halides is 2. The molecule has 0 aliphatic heterocycles. The Hall–Kier alpha value is -1.21. The van der Waals surface area contributed by atoms with Crippen LogP contribution in [0, 0.1) is 18.3 Å². The highest BCUT2D eigenvalue weighted by Gasteiger charge is 2.16. The first-order valence-electron chi connectivity index (χ1n) is 3.41. The fourth-order valence-corrected chi connectivity index (χ4v) is 1.10. The second-order valence-corrected chi connectivity index (χ2v) is 2.79. The average Bonchev–Trinajstić information content (AvgIpc) is 2.09. The Kier molecular flexibility index (Phi) is 2.79. The van der Waals surface area contributed by atoms with Gasteiger partial charge in [-0.15, -0.1) is 0 Å². The lowest BCUT2D eigenvalue weighted by atomic mass is 10.1. The Bertz CT molecular complexity index is 371. The van der Waals surface area contributed by atoms with Crippen LogP contribution in [-0.4, -0.2) is 4.98 Å². The van der Waals surface area contributed by atoms with E-state index in [1.165, 1.54) is 6.92 Å². The standard InChI is InChI=1S/C8H5ClF2N2/c1-4-5(2-12)3-13-7(6(4)9)8(10)11/h3,8H,1H3. The molecule has 0 saturated heterocycles. The third kappa shape index (κ3) is 1.76. The minimum absolute atomic E-state index is 0.131. The number of rotatable bonds is 1. The molecule has 0 aliphatic rings. The molecule has 0 radical (unpaired) electrons. The molecule has 13 heavy (non-hydrogen) atoms. The zero-order chi connectivity index (χ0) is 10.0. The molecule has 1 aromatic rings. The molecule has 0 saturated carbocycles. The van der Waals surface area contributed by atoms with Crippen molar-refractivity contribution in [3.8, 4) is 6.07 Å². The van der Waals surface area contributed by atoms with Gasteiger partial charge in [-0.25, -0.2) is 8.78 Å². The van der Waals surface area contributed by atoms with Crippen LogP contribution in [0.4, 0.5) is 8.78 Å². The summed E-state index contributed by atoms with van der Waals surface area (Å²) in [4.78, 5) is 3.40. The Balaban J connectivity index is 3.33. The first-order chi connectivity index (χ1) is 6.07. The van der Waals surface area contributed by atoms with Crippen molar-refractivity contribution in [1.82, 2.24) is 4.98 Å². The van der Waals surface area contributed by atoms with Gasteiger partial charge in [0.25, 0.3) is 6.43 Å². The van der Waals surface area contributed by atoms with Crippen molar-refractivity contribution in [3.05, 3.63) is 28.0 Å². The van der Waals surface area contributed by atoms with E-state index in [0.717, 1.165) is 6.20 Å². The van der Waals surface area contributed by atoms with Gasteiger partial charge in [-0.1, -0.05) is 11.6 Å². The summed E-state index contributed by atoms with van der Waals surface area (Å²) < 4.78 is 24.4. The van der Waals surface area contributed by atoms with Crippen LogP contribution < -0.4 is 0 Å². The highest BCUT2D eigenvalue weighted by molar-refractivity contribution is 6.32. The van der Waals surface area contributed by atoms with Crippen LogP contribution >= 0.6 is 11.6 Å². The zero-order valence-electron chi connectivity index (χ0n) is 6.68.